The van der Waals surface area contributed by atoms with Gasteiger partial charge in [0.25, 0.3) is 0 Å². The predicted octanol–water partition coefficient (Wildman–Crippen LogP) is 11.9. The quantitative estimate of drug-likeness (QED) is 0.106. The second-order valence-corrected chi connectivity index (χ2v) is 15.0. The molecule has 6 aromatic rings. The van der Waals surface area contributed by atoms with E-state index in [2.05, 4.69) is 185 Å². The standard InChI is InChI=1S/C50H50O3/c1-33(37-17-9-5-10-18-37)41-25-27-43(45(29-41)35(3)39-21-13-7-14-22-39)49(47-31-51-47)53-50(48-32-52-48)44-28-26-42(34(2)38-19-11-6-12-20-38)30-46(44)36(4)40-23-15-8-16-24-40/h5-30,33-36,47-50H,31-32H2,1-4H3. The Labute approximate surface area is 315 Å². The topological polar surface area (TPSA) is 34.3 Å². The zero-order chi connectivity index (χ0) is 36.3. The molecule has 2 aliphatic rings. The lowest BCUT2D eigenvalue weighted by Gasteiger charge is -2.30. The van der Waals surface area contributed by atoms with Crippen molar-refractivity contribution in [2.45, 2.75) is 75.8 Å². The summed E-state index contributed by atoms with van der Waals surface area (Å²) < 4.78 is 19.7. The minimum Gasteiger partial charge on any atom is -0.370 e. The van der Waals surface area contributed by atoms with E-state index >= 15 is 0 Å². The molecule has 3 nitrogen and oxygen atoms in total. The average molecular weight is 699 g/mol. The fourth-order valence-corrected chi connectivity index (χ4v) is 8.05. The third kappa shape index (κ3) is 7.80. The van der Waals surface area contributed by atoms with Crippen LogP contribution in [0, 0.1) is 0 Å². The Morgan fingerprint density at radius 3 is 0.981 bits per heavy atom. The van der Waals surface area contributed by atoms with Crippen molar-refractivity contribution in [1.29, 1.82) is 0 Å². The van der Waals surface area contributed by atoms with Crippen LogP contribution in [0.2, 0.25) is 0 Å². The molecular formula is C50H50O3. The van der Waals surface area contributed by atoms with Crippen LogP contribution in [-0.4, -0.2) is 25.4 Å². The highest BCUT2D eigenvalue weighted by molar-refractivity contribution is 5.47. The van der Waals surface area contributed by atoms with Gasteiger partial charge in [0.15, 0.2) is 0 Å². The van der Waals surface area contributed by atoms with Crippen LogP contribution in [0.5, 0.6) is 0 Å². The van der Waals surface area contributed by atoms with Gasteiger partial charge in [0, 0.05) is 23.7 Å². The maximum Gasteiger partial charge on any atom is 0.112 e. The first-order valence-electron chi connectivity index (χ1n) is 19.3. The van der Waals surface area contributed by atoms with Gasteiger partial charge >= 0.3 is 0 Å². The van der Waals surface area contributed by atoms with Gasteiger partial charge in [-0.25, -0.2) is 0 Å². The van der Waals surface area contributed by atoms with Gasteiger partial charge in [0.2, 0.25) is 0 Å². The first kappa shape index (κ1) is 35.2. The second-order valence-electron chi connectivity index (χ2n) is 15.0. The predicted molar refractivity (Wildman–Crippen MR) is 215 cm³/mol. The molecule has 2 saturated heterocycles. The summed E-state index contributed by atoms with van der Waals surface area (Å²) in [4.78, 5) is 0. The van der Waals surface area contributed by atoms with E-state index in [0.29, 0.717) is 13.2 Å². The molecule has 2 aliphatic heterocycles. The molecule has 53 heavy (non-hydrogen) atoms. The molecule has 0 aromatic heterocycles. The van der Waals surface area contributed by atoms with E-state index in [1.165, 1.54) is 55.6 Å². The van der Waals surface area contributed by atoms with Crippen molar-refractivity contribution in [2.24, 2.45) is 0 Å². The number of hydrogen-bond donors (Lipinski definition) is 0. The van der Waals surface area contributed by atoms with Crippen molar-refractivity contribution in [3.8, 4) is 0 Å². The molecule has 0 spiro atoms. The number of epoxide rings is 2. The van der Waals surface area contributed by atoms with Crippen molar-refractivity contribution in [3.05, 3.63) is 213 Å². The van der Waals surface area contributed by atoms with Gasteiger partial charge in [-0.05, 0) is 55.6 Å². The van der Waals surface area contributed by atoms with Crippen LogP contribution in [0.3, 0.4) is 0 Å². The summed E-state index contributed by atoms with van der Waals surface area (Å²) >= 11 is 0. The third-order valence-corrected chi connectivity index (χ3v) is 11.7. The monoisotopic (exact) mass is 698 g/mol. The lowest BCUT2D eigenvalue weighted by atomic mass is 9.82. The molecule has 8 atom stereocenters. The lowest BCUT2D eigenvalue weighted by Crippen LogP contribution is -2.22. The zero-order valence-electron chi connectivity index (χ0n) is 31.3. The highest BCUT2D eigenvalue weighted by Crippen LogP contribution is 2.46. The summed E-state index contributed by atoms with van der Waals surface area (Å²) in [6.07, 6.45) is -0.506. The normalized spacial score (nSPS) is 19.8. The number of benzene rings is 6. The van der Waals surface area contributed by atoms with Crippen LogP contribution in [-0.2, 0) is 14.2 Å². The molecule has 0 N–H and O–H groups in total. The Kier molecular flexibility index (Phi) is 10.4. The van der Waals surface area contributed by atoms with Crippen LogP contribution in [0.1, 0.15) is 119 Å². The minimum absolute atomic E-state index is 0.0113. The van der Waals surface area contributed by atoms with E-state index < -0.39 is 0 Å². The molecule has 0 radical (unpaired) electrons. The first-order chi connectivity index (χ1) is 26.0. The summed E-state index contributed by atoms with van der Waals surface area (Å²) in [5, 5.41) is 0. The van der Waals surface area contributed by atoms with Crippen LogP contribution in [0.4, 0.5) is 0 Å². The number of ether oxygens (including phenoxy) is 3. The van der Waals surface area contributed by atoms with E-state index in [4.69, 9.17) is 14.2 Å². The van der Waals surface area contributed by atoms with Crippen molar-refractivity contribution < 1.29 is 14.2 Å². The molecule has 2 heterocycles. The Balaban J connectivity index is 1.20. The summed E-state index contributed by atoms with van der Waals surface area (Å²) in [7, 11) is 0. The van der Waals surface area contributed by atoms with Gasteiger partial charge in [0.1, 0.15) is 24.4 Å². The van der Waals surface area contributed by atoms with E-state index in [0.717, 1.165) is 0 Å². The van der Waals surface area contributed by atoms with Crippen molar-refractivity contribution in [1.82, 2.24) is 0 Å². The van der Waals surface area contributed by atoms with E-state index in [9.17, 15) is 0 Å². The Morgan fingerprint density at radius 2 is 0.679 bits per heavy atom. The van der Waals surface area contributed by atoms with Gasteiger partial charge in [-0.3, -0.25) is 0 Å². The summed E-state index contributed by atoms with van der Waals surface area (Å²) in [6, 6.07) is 57.4. The maximum absolute atomic E-state index is 7.44. The molecule has 0 saturated carbocycles. The Bertz CT molecular complexity index is 1940. The van der Waals surface area contributed by atoms with Gasteiger partial charge in [-0.1, -0.05) is 185 Å². The number of hydrogen-bond acceptors (Lipinski definition) is 3. The van der Waals surface area contributed by atoms with Crippen LogP contribution >= 0.6 is 0 Å². The molecule has 0 aliphatic carbocycles. The van der Waals surface area contributed by atoms with Gasteiger partial charge < -0.3 is 14.2 Å². The molecule has 3 heteroatoms. The highest BCUT2D eigenvalue weighted by atomic mass is 16.6. The second kappa shape index (κ2) is 15.7. The first-order valence-corrected chi connectivity index (χ1v) is 19.3. The molecule has 8 rings (SSSR count). The molecular weight excluding hydrogens is 649 g/mol. The minimum atomic E-state index is -0.241. The van der Waals surface area contributed by atoms with Gasteiger partial charge in [-0.15, -0.1) is 0 Å². The lowest BCUT2D eigenvalue weighted by molar-refractivity contribution is -0.0428. The maximum atomic E-state index is 7.44. The molecule has 2 fully saturated rings. The van der Waals surface area contributed by atoms with Crippen molar-refractivity contribution in [3.63, 3.8) is 0 Å². The molecule has 0 bridgehead atoms. The van der Waals surface area contributed by atoms with E-state index in [1.54, 1.807) is 0 Å². The molecule has 8 unspecified atom stereocenters. The largest absolute Gasteiger partial charge is 0.370 e. The fourth-order valence-electron chi connectivity index (χ4n) is 8.05. The van der Waals surface area contributed by atoms with E-state index in [1.807, 2.05) is 0 Å². The smallest absolute Gasteiger partial charge is 0.112 e. The highest BCUT2D eigenvalue weighted by Gasteiger charge is 2.44. The van der Waals surface area contributed by atoms with Crippen molar-refractivity contribution >= 4 is 0 Å². The van der Waals surface area contributed by atoms with E-state index in [-0.39, 0.29) is 48.1 Å². The number of rotatable bonds is 14. The Morgan fingerprint density at radius 1 is 0.377 bits per heavy atom. The van der Waals surface area contributed by atoms with Crippen LogP contribution < -0.4 is 0 Å². The third-order valence-electron chi connectivity index (χ3n) is 11.7. The Hall–Kier alpha value is -4.80. The SMILES string of the molecule is CC(c1ccccc1)c1ccc(C(OC(c2ccc(C(C)c3ccccc3)cc2C(C)c2ccccc2)C2CO2)C2CO2)c(C(C)c2ccccc2)c1. The van der Waals surface area contributed by atoms with Gasteiger partial charge in [0.05, 0.1) is 13.2 Å². The molecule has 6 aromatic carbocycles. The summed E-state index contributed by atoms with van der Waals surface area (Å²) in [6.45, 7) is 10.6. The molecule has 268 valence electrons. The van der Waals surface area contributed by atoms with Crippen LogP contribution in [0.25, 0.3) is 0 Å². The summed E-state index contributed by atoms with van der Waals surface area (Å²) in [5.74, 6) is 0.856. The molecule has 0 amide bonds. The van der Waals surface area contributed by atoms with Gasteiger partial charge in [-0.2, -0.15) is 0 Å². The average Bonchev–Trinajstić information content (AvgIpc) is 4.17. The van der Waals surface area contributed by atoms with Crippen LogP contribution in [0.15, 0.2) is 158 Å². The van der Waals surface area contributed by atoms with Crippen molar-refractivity contribution in [2.75, 3.05) is 13.2 Å². The zero-order valence-corrected chi connectivity index (χ0v) is 31.3. The summed E-state index contributed by atoms with van der Waals surface area (Å²) in [5.41, 5.74) is 12.8. The fraction of sp³-hybridized carbons (Fsp3) is 0.280.